The van der Waals surface area contributed by atoms with E-state index in [2.05, 4.69) is 0 Å². The van der Waals surface area contributed by atoms with Crippen molar-refractivity contribution in [3.05, 3.63) is 64.0 Å². The molecule has 104 valence electrons. The van der Waals surface area contributed by atoms with Gasteiger partial charge in [0.1, 0.15) is 12.4 Å². The number of benzene rings is 2. The molecule has 0 aromatic heterocycles. The molecular weight excluding hydrogens is 265 g/mol. The Hall–Kier alpha value is -2.63. The van der Waals surface area contributed by atoms with Crippen LogP contribution in [0.2, 0.25) is 0 Å². The van der Waals surface area contributed by atoms with Crippen LogP contribution in [0.25, 0.3) is 0 Å². The number of hydrogen-bond acceptors (Lipinski definition) is 4. The van der Waals surface area contributed by atoms with Gasteiger partial charge in [-0.1, -0.05) is 12.1 Å². The molecule has 0 saturated carbocycles. The molecule has 0 atom stereocenters. The smallest absolute Gasteiger partial charge is 0.273 e. The number of ether oxygens (including phenoxy) is 2. The van der Waals surface area contributed by atoms with Crippen molar-refractivity contribution in [1.82, 2.24) is 0 Å². The van der Waals surface area contributed by atoms with Crippen molar-refractivity contribution in [3.8, 4) is 11.5 Å². The van der Waals surface area contributed by atoms with Crippen LogP contribution in [-0.4, -0.2) is 12.0 Å². The van der Waals surface area contributed by atoms with Crippen LogP contribution >= 0.6 is 0 Å². The van der Waals surface area contributed by atoms with E-state index in [9.17, 15) is 14.5 Å². The van der Waals surface area contributed by atoms with Gasteiger partial charge in [0.15, 0.2) is 11.6 Å². The molecule has 2 aromatic rings. The molecule has 0 heterocycles. The zero-order valence-corrected chi connectivity index (χ0v) is 10.7. The molecule has 0 unspecified atom stereocenters. The monoisotopic (exact) mass is 277 g/mol. The van der Waals surface area contributed by atoms with Gasteiger partial charge in [-0.15, -0.1) is 0 Å². The van der Waals surface area contributed by atoms with Gasteiger partial charge in [0.25, 0.3) is 5.69 Å². The maximum atomic E-state index is 13.5. The average molecular weight is 277 g/mol. The maximum absolute atomic E-state index is 13.5. The van der Waals surface area contributed by atoms with Crippen LogP contribution in [0.1, 0.15) is 5.56 Å². The highest BCUT2D eigenvalue weighted by Crippen LogP contribution is 2.22. The van der Waals surface area contributed by atoms with Crippen molar-refractivity contribution in [2.45, 2.75) is 6.61 Å². The predicted octanol–water partition coefficient (Wildman–Crippen LogP) is 3.32. The van der Waals surface area contributed by atoms with Crippen LogP contribution in [0.3, 0.4) is 0 Å². The number of methoxy groups -OCH3 is 1. The Morgan fingerprint density at radius 2 is 2.05 bits per heavy atom. The van der Waals surface area contributed by atoms with E-state index >= 15 is 0 Å². The normalized spacial score (nSPS) is 10.1. The van der Waals surface area contributed by atoms with Gasteiger partial charge in [0, 0.05) is 6.07 Å². The summed E-state index contributed by atoms with van der Waals surface area (Å²) in [4.78, 5) is 10.1. The molecule has 5 nitrogen and oxygen atoms in total. The largest absolute Gasteiger partial charge is 0.494 e. The first-order valence-electron chi connectivity index (χ1n) is 5.80. The van der Waals surface area contributed by atoms with E-state index in [1.165, 1.54) is 37.4 Å². The average Bonchev–Trinajstić information content (AvgIpc) is 2.45. The minimum Gasteiger partial charge on any atom is -0.494 e. The molecule has 20 heavy (non-hydrogen) atoms. The lowest BCUT2D eigenvalue weighted by Crippen LogP contribution is -1.98. The number of nitro benzene ring substituents is 1. The summed E-state index contributed by atoms with van der Waals surface area (Å²) in [6.45, 7) is 0.113. The van der Waals surface area contributed by atoms with E-state index in [4.69, 9.17) is 9.47 Å². The fourth-order valence-electron chi connectivity index (χ4n) is 1.65. The molecule has 0 radical (unpaired) electrons. The molecule has 0 N–H and O–H groups in total. The lowest BCUT2D eigenvalue weighted by Gasteiger charge is -2.07. The van der Waals surface area contributed by atoms with Crippen LogP contribution < -0.4 is 9.47 Å². The van der Waals surface area contributed by atoms with Crippen molar-refractivity contribution in [2.75, 3.05) is 7.11 Å². The van der Waals surface area contributed by atoms with Crippen LogP contribution in [0, 0.1) is 15.9 Å². The minimum atomic E-state index is -0.500. The fraction of sp³-hybridized carbons (Fsp3) is 0.143. The highest BCUT2D eigenvalue weighted by atomic mass is 19.1. The lowest BCUT2D eigenvalue weighted by atomic mass is 10.2. The minimum absolute atomic E-state index is 0.0524. The van der Waals surface area contributed by atoms with Crippen molar-refractivity contribution in [3.63, 3.8) is 0 Å². The number of hydrogen-bond donors (Lipinski definition) is 0. The third-order valence-electron chi connectivity index (χ3n) is 2.65. The fourth-order valence-corrected chi connectivity index (χ4v) is 1.65. The second kappa shape index (κ2) is 6.01. The first-order chi connectivity index (χ1) is 9.60. The summed E-state index contributed by atoms with van der Waals surface area (Å²) in [5.74, 6) is 0.0344. The van der Waals surface area contributed by atoms with Crippen molar-refractivity contribution in [2.24, 2.45) is 0 Å². The number of nitro groups is 1. The predicted molar refractivity (Wildman–Crippen MR) is 70.4 cm³/mol. The van der Waals surface area contributed by atoms with Gasteiger partial charge >= 0.3 is 0 Å². The summed E-state index contributed by atoms with van der Waals surface area (Å²) in [5.41, 5.74) is 0.554. The van der Waals surface area contributed by atoms with Gasteiger partial charge < -0.3 is 9.47 Å². The first-order valence-corrected chi connectivity index (χ1v) is 5.80. The summed E-state index contributed by atoms with van der Waals surface area (Å²) in [5, 5.41) is 10.6. The van der Waals surface area contributed by atoms with E-state index in [0.29, 0.717) is 11.3 Å². The Labute approximate surface area is 114 Å². The second-order valence-electron chi connectivity index (χ2n) is 4.01. The molecule has 0 fully saturated rings. The molecule has 0 amide bonds. The van der Waals surface area contributed by atoms with E-state index < -0.39 is 10.7 Å². The van der Waals surface area contributed by atoms with E-state index in [0.717, 1.165) is 0 Å². The number of rotatable bonds is 5. The Bertz CT molecular complexity index is 630. The summed E-state index contributed by atoms with van der Waals surface area (Å²) in [6, 6.07) is 10.3. The first kappa shape index (κ1) is 13.8. The number of nitrogens with zero attached hydrogens (tertiary/aromatic N) is 1. The quantitative estimate of drug-likeness (QED) is 0.621. The van der Waals surface area contributed by atoms with E-state index in [1.54, 1.807) is 12.1 Å². The molecule has 2 aromatic carbocycles. The summed E-state index contributed by atoms with van der Waals surface area (Å²) < 4.78 is 23.7. The Kier molecular flexibility index (Phi) is 4.14. The van der Waals surface area contributed by atoms with Crippen LogP contribution in [0.4, 0.5) is 10.1 Å². The van der Waals surface area contributed by atoms with E-state index in [-0.39, 0.29) is 18.0 Å². The molecule has 0 bridgehead atoms. The molecule has 6 heteroatoms. The van der Waals surface area contributed by atoms with Crippen molar-refractivity contribution in [1.29, 1.82) is 0 Å². The number of halogens is 1. The second-order valence-corrected chi connectivity index (χ2v) is 4.01. The molecule has 0 saturated heterocycles. The van der Waals surface area contributed by atoms with Gasteiger partial charge in [-0.25, -0.2) is 4.39 Å². The summed E-state index contributed by atoms with van der Waals surface area (Å²) in [7, 11) is 1.39. The topological polar surface area (TPSA) is 61.6 Å². The molecule has 2 rings (SSSR count). The zero-order valence-electron chi connectivity index (χ0n) is 10.7. The highest BCUT2D eigenvalue weighted by molar-refractivity contribution is 5.38. The SMILES string of the molecule is COc1ccc(COc2cccc([N+](=O)[O-])c2)cc1F. The third-order valence-corrected chi connectivity index (χ3v) is 2.65. The van der Waals surface area contributed by atoms with Crippen LogP contribution in [0.15, 0.2) is 42.5 Å². The van der Waals surface area contributed by atoms with Gasteiger partial charge in [-0.2, -0.15) is 0 Å². The molecule has 0 spiro atoms. The molecule has 0 aliphatic rings. The van der Waals surface area contributed by atoms with Gasteiger partial charge in [-0.05, 0) is 23.8 Å². The zero-order chi connectivity index (χ0) is 14.5. The molecular formula is C14H12FNO4. The Morgan fingerprint density at radius 1 is 1.25 bits per heavy atom. The molecule has 0 aliphatic carbocycles. The van der Waals surface area contributed by atoms with Crippen molar-refractivity contribution < 1.29 is 18.8 Å². The Morgan fingerprint density at radius 3 is 2.70 bits per heavy atom. The maximum Gasteiger partial charge on any atom is 0.273 e. The van der Waals surface area contributed by atoms with Crippen LogP contribution in [-0.2, 0) is 6.61 Å². The molecule has 0 aliphatic heterocycles. The standard InChI is InChI=1S/C14H12FNO4/c1-19-14-6-5-10(7-13(14)15)9-20-12-4-2-3-11(8-12)16(17)18/h2-8H,9H2,1H3. The van der Waals surface area contributed by atoms with Gasteiger partial charge in [-0.3, -0.25) is 10.1 Å². The highest BCUT2D eigenvalue weighted by Gasteiger charge is 2.07. The summed E-state index contributed by atoms with van der Waals surface area (Å²) >= 11 is 0. The van der Waals surface area contributed by atoms with E-state index in [1.807, 2.05) is 0 Å². The van der Waals surface area contributed by atoms with Gasteiger partial charge in [0.2, 0.25) is 0 Å². The summed E-state index contributed by atoms with van der Waals surface area (Å²) in [6.07, 6.45) is 0. The Balaban J connectivity index is 2.07. The van der Waals surface area contributed by atoms with Crippen molar-refractivity contribution >= 4 is 5.69 Å². The third kappa shape index (κ3) is 3.23. The van der Waals surface area contributed by atoms with Gasteiger partial charge in [0.05, 0.1) is 18.1 Å². The van der Waals surface area contributed by atoms with Crippen LogP contribution in [0.5, 0.6) is 11.5 Å². The number of non-ortho nitro benzene ring substituents is 1. The lowest BCUT2D eigenvalue weighted by molar-refractivity contribution is -0.384.